The lowest BCUT2D eigenvalue weighted by Gasteiger charge is -2.18. The predicted octanol–water partition coefficient (Wildman–Crippen LogP) is 2.50. The first-order chi connectivity index (χ1) is 8.95. The van der Waals surface area contributed by atoms with Crippen LogP contribution in [-0.2, 0) is 18.9 Å². The Morgan fingerprint density at radius 3 is 2.63 bits per heavy atom. The molecule has 98 valence electrons. The number of rotatable bonds is 1. The lowest BCUT2D eigenvalue weighted by molar-refractivity contribution is 0.563. The average Bonchev–Trinajstić information content (AvgIpc) is 2.92. The fourth-order valence-electron chi connectivity index (χ4n) is 2.25. The molecule has 4 nitrogen and oxygen atoms in total. The van der Waals surface area contributed by atoms with Gasteiger partial charge in [0.2, 0.25) is 0 Å². The summed E-state index contributed by atoms with van der Waals surface area (Å²) in [6, 6.07) is 0. The third-order valence-corrected chi connectivity index (χ3v) is 3.39. The predicted molar refractivity (Wildman–Crippen MR) is 74.7 cm³/mol. The van der Waals surface area contributed by atoms with Crippen LogP contribution in [-0.4, -0.2) is 19.7 Å². The molecule has 0 amide bonds. The van der Waals surface area contributed by atoms with Crippen LogP contribution < -0.4 is 0 Å². The molecule has 19 heavy (non-hydrogen) atoms. The van der Waals surface area contributed by atoms with E-state index in [0.717, 1.165) is 34.6 Å². The maximum atomic E-state index is 4.82. The first-order valence-corrected chi connectivity index (χ1v) is 6.51. The third-order valence-electron chi connectivity index (χ3n) is 3.39. The Labute approximate surface area is 113 Å². The van der Waals surface area contributed by atoms with Gasteiger partial charge >= 0.3 is 0 Å². The van der Waals surface area contributed by atoms with Crippen molar-refractivity contribution < 1.29 is 0 Å². The van der Waals surface area contributed by atoms with Crippen molar-refractivity contribution in [1.82, 2.24) is 19.7 Å². The van der Waals surface area contributed by atoms with Crippen LogP contribution in [0.3, 0.4) is 0 Å². The number of aryl methyl sites for hydroxylation is 1. The number of aromatic nitrogens is 4. The summed E-state index contributed by atoms with van der Waals surface area (Å²) in [7, 11) is 1.93. The first-order valence-electron chi connectivity index (χ1n) is 6.51. The minimum absolute atomic E-state index is 0.0185. The fraction of sp³-hybridized carbons (Fsp3) is 0.400. The second-order valence-corrected chi connectivity index (χ2v) is 6.03. The van der Waals surface area contributed by atoms with Gasteiger partial charge in [0.15, 0.2) is 0 Å². The van der Waals surface area contributed by atoms with E-state index in [-0.39, 0.29) is 5.41 Å². The largest absolute Gasteiger partial charge is 0.275 e. The first kappa shape index (κ1) is 12.1. The van der Waals surface area contributed by atoms with Gasteiger partial charge in [-0.3, -0.25) is 9.67 Å². The molecule has 0 atom stereocenters. The van der Waals surface area contributed by atoms with Crippen molar-refractivity contribution in [3.8, 4) is 0 Å². The summed E-state index contributed by atoms with van der Waals surface area (Å²) >= 11 is 0. The van der Waals surface area contributed by atoms with Crippen LogP contribution in [0.2, 0.25) is 0 Å². The molecule has 0 bridgehead atoms. The van der Waals surface area contributed by atoms with Crippen LogP contribution in [0.4, 0.5) is 0 Å². The van der Waals surface area contributed by atoms with Gasteiger partial charge in [-0.2, -0.15) is 5.10 Å². The molecule has 0 saturated carbocycles. The Bertz CT molecular complexity index is 659. The Hall–Kier alpha value is -1.97. The zero-order chi connectivity index (χ0) is 13.6. The van der Waals surface area contributed by atoms with Gasteiger partial charge in [0.25, 0.3) is 0 Å². The molecule has 0 aromatic carbocycles. The van der Waals surface area contributed by atoms with Gasteiger partial charge in [-0.25, -0.2) is 4.98 Å². The summed E-state index contributed by atoms with van der Waals surface area (Å²) in [6.07, 6.45) is 8.85. The molecule has 3 rings (SSSR count). The monoisotopic (exact) mass is 254 g/mol. The van der Waals surface area contributed by atoms with Crippen molar-refractivity contribution in [3.05, 3.63) is 47.3 Å². The van der Waals surface area contributed by atoms with Crippen molar-refractivity contribution in [2.24, 2.45) is 7.05 Å². The van der Waals surface area contributed by atoms with Gasteiger partial charge in [0.05, 0.1) is 23.3 Å². The van der Waals surface area contributed by atoms with E-state index in [9.17, 15) is 0 Å². The Kier molecular flexibility index (Phi) is 2.55. The standard InChI is InChI=1S/C15H18N4/c1-15(2,3)13-8-16-12-6-5-11(14(12)18-13)10-7-17-19(4)9-10/h5,7-9H,6H2,1-4H3. The Balaban J connectivity index is 2.07. The Morgan fingerprint density at radius 2 is 2.00 bits per heavy atom. The van der Waals surface area contributed by atoms with E-state index in [4.69, 9.17) is 4.98 Å². The van der Waals surface area contributed by atoms with E-state index in [1.807, 2.05) is 30.3 Å². The maximum Gasteiger partial charge on any atom is 0.0928 e. The zero-order valence-corrected chi connectivity index (χ0v) is 11.8. The fourth-order valence-corrected chi connectivity index (χ4v) is 2.25. The normalized spacial score (nSPS) is 14.4. The molecule has 2 heterocycles. The van der Waals surface area contributed by atoms with Crippen molar-refractivity contribution >= 4 is 5.57 Å². The number of fused-ring (bicyclic) bond motifs is 1. The summed E-state index contributed by atoms with van der Waals surface area (Å²) in [6.45, 7) is 6.48. The van der Waals surface area contributed by atoms with Crippen molar-refractivity contribution in [1.29, 1.82) is 0 Å². The molecule has 0 fully saturated rings. The van der Waals surface area contributed by atoms with Gasteiger partial charge < -0.3 is 0 Å². The minimum Gasteiger partial charge on any atom is -0.275 e. The lowest BCUT2D eigenvalue weighted by atomic mass is 9.92. The summed E-state index contributed by atoms with van der Waals surface area (Å²) in [5.74, 6) is 0. The highest BCUT2D eigenvalue weighted by molar-refractivity contribution is 5.81. The van der Waals surface area contributed by atoms with Gasteiger partial charge in [0, 0.05) is 42.4 Å². The molecular formula is C15H18N4. The Morgan fingerprint density at radius 1 is 1.21 bits per heavy atom. The van der Waals surface area contributed by atoms with E-state index in [2.05, 4.69) is 36.9 Å². The van der Waals surface area contributed by atoms with Crippen molar-refractivity contribution in [2.75, 3.05) is 0 Å². The molecule has 1 aliphatic carbocycles. The molecular weight excluding hydrogens is 236 g/mol. The van der Waals surface area contributed by atoms with Crippen LogP contribution in [0.1, 0.15) is 43.4 Å². The molecule has 2 aromatic heterocycles. The summed E-state index contributed by atoms with van der Waals surface area (Å²) < 4.78 is 1.81. The highest BCUT2D eigenvalue weighted by Crippen LogP contribution is 2.31. The quantitative estimate of drug-likeness (QED) is 0.785. The lowest BCUT2D eigenvalue weighted by Crippen LogP contribution is -2.15. The van der Waals surface area contributed by atoms with E-state index < -0.39 is 0 Å². The summed E-state index contributed by atoms with van der Waals surface area (Å²) in [5, 5.41) is 4.23. The number of hydrogen-bond donors (Lipinski definition) is 0. The summed E-state index contributed by atoms with van der Waals surface area (Å²) in [5.41, 5.74) is 5.39. The molecule has 0 aliphatic heterocycles. The van der Waals surface area contributed by atoms with Gasteiger partial charge in [0.1, 0.15) is 0 Å². The molecule has 0 saturated heterocycles. The van der Waals surface area contributed by atoms with Crippen LogP contribution in [0, 0.1) is 0 Å². The molecule has 1 aliphatic rings. The van der Waals surface area contributed by atoms with Gasteiger partial charge in [-0.05, 0) is 0 Å². The average molecular weight is 254 g/mol. The molecule has 0 N–H and O–H groups in total. The van der Waals surface area contributed by atoms with Crippen LogP contribution in [0.15, 0.2) is 24.7 Å². The number of hydrogen-bond acceptors (Lipinski definition) is 3. The van der Waals surface area contributed by atoms with E-state index >= 15 is 0 Å². The van der Waals surface area contributed by atoms with Crippen LogP contribution in [0.5, 0.6) is 0 Å². The highest BCUT2D eigenvalue weighted by atomic mass is 15.2. The van der Waals surface area contributed by atoms with Crippen molar-refractivity contribution in [2.45, 2.75) is 32.6 Å². The number of nitrogens with zero attached hydrogens (tertiary/aromatic N) is 4. The molecule has 0 radical (unpaired) electrons. The smallest absolute Gasteiger partial charge is 0.0928 e. The molecule has 0 spiro atoms. The van der Waals surface area contributed by atoms with Crippen LogP contribution in [0.25, 0.3) is 5.57 Å². The topological polar surface area (TPSA) is 43.6 Å². The molecule has 4 heteroatoms. The molecule has 0 unspecified atom stereocenters. The SMILES string of the molecule is Cn1cc(C2=CCc3ncc(C(C)(C)C)nc32)cn1. The maximum absolute atomic E-state index is 4.82. The van der Waals surface area contributed by atoms with E-state index in [1.54, 1.807) is 0 Å². The number of allylic oxidation sites excluding steroid dienone is 1. The van der Waals surface area contributed by atoms with E-state index in [1.165, 1.54) is 0 Å². The van der Waals surface area contributed by atoms with Gasteiger partial charge in [-0.15, -0.1) is 0 Å². The van der Waals surface area contributed by atoms with E-state index in [0.29, 0.717) is 0 Å². The zero-order valence-electron chi connectivity index (χ0n) is 11.8. The highest BCUT2D eigenvalue weighted by Gasteiger charge is 2.23. The second kappa shape index (κ2) is 4.02. The van der Waals surface area contributed by atoms with Gasteiger partial charge in [-0.1, -0.05) is 26.8 Å². The summed E-state index contributed by atoms with van der Waals surface area (Å²) in [4.78, 5) is 9.39. The van der Waals surface area contributed by atoms with Crippen LogP contribution >= 0.6 is 0 Å². The minimum atomic E-state index is 0.0185. The molecule has 2 aromatic rings. The van der Waals surface area contributed by atoms with Crippen molar-refractivity contribution in [3.63, 3.8) is 0 Å². The third kappa shape index (κ3) is 2.07. The second-order valence-electron chi connectivity index (χ2n) is 6.03.